The normalized spacial score (nSPS) is 11.0. The Hall–Kier alpha value is -3.20. The number of para-hydroxylation sites is 1. The Morgan fingerprint density at radius 1 is 0.880 bits per heavy atom. The van der Waals surface area contributed by atoms with Gasteiger partial charge in [0.1, 0.15) is 11.3 Å². The Bertz CT molecular complexity index is 1060. The van der Waals surface area contributed by atoms with Crippen LogP contribution in [0.4, 0.5) is 0 Å². The van der Waals surface area contributed by atoms with Gasteiger partial charge < -0.3 is 0 Å². The van der Waals surface area contributed by atoms with Crippen LogP contribution in [-0.2, 0) is 0 Å². The van der Waals surface area contributed by atoms with Crippen LogP contribution in [0.5, 0.6) is 0 Å². The molecule has 0 radical (unpaired) electrons. The van der Waals surface area contributed by atoms with Crippen molar-refractivity contribution in [2.24, 2.45) is 0 Å². The number of Topliss-reactive ketones (excluding diaryl/α,β-unsaturated/α-hetero) is 1. The lowest BCUT2D eigenvalue weighted by Gasteiger charge is -2.10. The van der Waals surface area contributed by atoms with Crippen molar-refractivity contribution >= 4 is 16.8 Å². The summed E-state index contributed by atoms with van der Waals surface area (Å²) in [4.78, 5) is 16.9. The highest BCUT2D eigenvalue weighted by Crippen LogP contribution is 2.30. The molecule has 0 aliphatic heterocycles. The standard InChI is InChI=1S/C22H18N2O/c1-15-11-13-18(14-12-15)24-20-10-6-9-19(16(2)25)21(20)23-22(24)17-7-4-3-5-8-17/h3-14H,1-2H3. The van der Waals surface area contributed by atoms with Gasteiger partial charge in [-0.05, 0) is 38.1 Å². The zero-order chi connectivity index (χ0) is 17.4. The fourth-order valence-electron chi connectivity index (χ4n) is 3.12. The first-order chi connectivity index (χ1) is 12.1. The number of imidazole rings is 1. The molecule has 3 aromatic carbocycles. The number of hydrogen-bond acceptors (Lipinski definition) is 2. The highest BCUT2D eigenvalue weighted by atomic mass is 16.1. The van der Waals surface area contributed by atoms with Gasteiger partial charge in [-0.2, -0.15) is 0 Å². The number of carbonyl (C=O) groups excluding carboxylic acids is 1. The third-order valence-electron chi connectivity index (χ3n) is 4.39. The first-order valence-electron chi connectivity index (χ1n) is 8.30. The van der Waals surface area contributed by atoms with E-state index < -0.39 is 0 Å². The van der Waals surface area contributed by atoms with E-state index in [4.69, 9.17) is 4.98 Å². The zero-order valence-corrected chi connectivity index (χ0v) is 14.2. The van der Waals surface area contributed by atoms with Crippen molar-refractivity contribution in [3.05, 3.63) is 83.9 Å². The lowest BCUT2D eigenvalue weighted by molar-refractivity contribution is 0.101. The molecule has 3 nitrogen and oxygen atoms in total. The van der Waals surface area contributed by atoms with E-state index in [9.17, 15) is 4.79 Å². The average Bonchev–Trinajstić information content (AvgIpc) is 3.02. The van der Waals surface area contributed by atoms with E-state index >= 15 is 0 Å². The molecule has 0 atom stereocenters. The molecule has 0 unspecified atom stereocenters. The van der Waals surface area contributed by atoms with E-state index in [-0.39, 0.29) is 5.78 Å². The summed E-state index contributed by atoms with van der Waals surface area (Å²) in [5.41, 5.74) is 5.60. The number of benzene rings is 3. The summed E-state index contributed by atoms with van der Waals surface area (Å²) in [5, 5.41) is 0. The summed E-state index contributed by atoms with van der Waals surface area (Å²) in [6, 6.07) is 24.2. The molecule has 0 saturated carbocycles. The highest BCUT2D eigenvalue weighted by molar-refractivity contribution is 6.06. The molecule has 3 heteroatoms. The first kappa shape index (κ1) is 15.3. The lowest BCUT2D eigenvalue weighted by Crippen LogP contribution is -1.98. The van der Waals surface area contributed by atoms with E-state index in [1.807, 2.05) is 48.5 Å². The molecule has 0 bridgehead atoms. The minimum absolute atomic E-state index is 0.0266. The summed E-state index contributed by atoms with van der Waals surface area (Å²) in [6.45, 7) is 3.66. The highest BCUT2D eigenvalue weighted by Gasteiger charge is 2.17. The molecular weight excluding hydrogens is 308 g/mol. The number of carbonyl (C=O) groups is 1. The molecule has 0 aliphatic rings. The molecule has 4 rings (SSSR count). The van der Waals surface area contributed by atoms with Gasteiger partial charge >= 0.3 is 0 Å². The quantitative estimate of drug-likeness (QED) is 0.485. The van der Waals surface area contributed by atoms with E-state index in [2.05, 4.69) is 35.8 Å². The Kier molecular flexibility index (Phi) is 3.69. The van der Waals surface area contributed by atoms with Crippen molar-refractivity contribution in [2.45, 2.75) is 13.8 Å². The topological polar surface area (TPSA) is 34.9 Å². The third-order valence-corrected chi connectivity index (χ3v) is 4.39. The Labute approximate surface area is 146 Å². The maximum absolute atomic E-state index is 12.0. The zero-order valence-electron chi connectivity index (χ0n) is 14.2. The molecule has 0 fully saturated rings. The number of nitrogens with zero attached hydrogens (tertiary/aromatic N) is 2. The molecule has 122 valence electrons. The number of aryl methyl sites for hydroxylation is 1. The lowest BCUT2D eigenvalue weighted by atomic mass is 10.1. The largest absolute Gasteiger partial charge is 0.294 e. The van der Waals surface area contributed by atoms with Crippen LogP contribution in [0, 0.1) is 6.92 Å². The average molecular weight is 326 g/mol. The van der Waals surface area contributed by atoms with Gasteiger partial charge in [0.2, 0.25) is 0 Å². The van der Waals surface area contributed by atoms with Gasteiger partial charge in [0.25, 0.3) is 0 Å². The predicted molar refractivity (Wildman–Crippen MR) is 101 cm³/mol. The van der Waals surface area contributed by atoms with Gasteiger partial charge in [0.05, 0.1) is 5.52 Å². The summed E-state index contributed by atoms with van der Waals surface area (Å²) in [7, 11) is 0. The fraction of sp³-hybridized carbons (Fsp3) is 0.0909. The third kappa shape index (κ3) is 2.64. The van der Waals surface area contributed by atoms with Crippen LogP contribution in [0.3, 0.4) is 0 Å². The molecule has 0 spiro atoms. The smallest absolute Gasteiger partial charge is 0.162 e. The van der Waals surface area contributed by atoms with Gasteiger partial charge in [0, 0.05) is 16.8 Å². The second-order valence-electron chi connectivity index (χ2n) is 6.20. The van der Waals surface area contributed by atoms with Crippen molar-refractivity contribution < 1.29 is 4.79 Å². The van der Waals surface area contributed by atoms with Crippen molar-refractivity contribution in [3.63, 3.8) is 0 Å². The minimum atomic E-state index is 0.0266. The molecule has 0 saturated heterocycles. The molecule has 0 aliphatic carbocycles. The monoisotopic (exact) mass is 326 g/mol. The van der Waals surface area contributed by atoms with Crippen LogP contribution in [0.1, 0.15) is 22.8 Å². The number of rotatable bonds is 3. The van der Waals surface area contributed by atoms with E-state index in [1.165, 1.54) is 5.56 Å². The number of ketones is 1. The van der Waals surface area contributed by atoms with Crippen molar-refractivity contribution in [1.82, 2.24) is 9.55 Å². The number of hydrogen-bond donors (Lipinski definition) is 0. The van der Waals surface area contributed by atoms with Crippen LogP contribution in [0.25, 0.3) is 28.1 Å². The summed E-state index contributed by atoms with van der Waals surface area (Å²) in [5.74, 6) is 0.868. The molecule has 25 heavy (non-hydrogen) atoms. The van der Waals surface area contributed by atoms with Crippen LogP contribution in [-0.4, -0.2) is 15.3 Å². The van der Waals surface area contributed by atoms with Crippen LogP contribution in [0.2, 0.25) is 0 Å². The van der Waals surface area contributed by atoms with Crippen LogP contribution in [0.15, 0.2) is 72.8 Å². The van der Waals surface area contributed by atoms with Crippen molar-refractivity contribution in [2.75, 3.05) is 0 Å². The summed E-state index contributed by atoms with van der Waals surface area (Å²) in [6.07, 6.45) is 0. The molecular formula is C22H18N2O. The van der Waals surface area contributed by atoms with E-state index in [0.717, 1.165) is 28.1 Å². The number of aromatic nitrogens is 2. The minimum Gasteiger partial charge on any atom is -0.294 e. The van der Waals surface area contributed by atoms with Gasteiger partial charge in [-0.25, -0.2) is 4.98 Å². The van der Waals surface area contributed by atoms with Gasteiger partial charge in [-0.15, -0.1) is 0 Å². The first-order valence-corrected chi connectivity index (χ1v) is 8.30. The fourth-order valence-corrected chi connectivity index (χ4v) is 3.12. The molecule has 0 N–H and O–H groups in total. The maximum atomic E-state index is 12.0. The van der Waals surface area contributed by atoms with Crippen molar-refractivity contribution in [3.8, 4) is 17.1 Å². The van der Waals surface area contributed by atoms with Gasteiger partial charge in [0.15, 0.2) is 5.78 Å². The van der Waals surface area contributed by atoms with Gasteiger partial charge in [-0.3, -0.25) is 9.36 Å². The van der Waals surface area contributed by atoms with Gasteiger partial charge in [-0.1, -0.05) is 54.1 Å². The SMILES string of the molecule is CC(=O)c1cccc2c1nc(-c1ccccc1)n2-c1ccc(C)cc1. The maximum Gasteiger partial charge on any atom is 0.162 e. The van der Waals surface area contributed by atoms with E-state index in [0.29, 0.717) is 5.56 Å². The Morgan fingerprint density at radius 2 is 1.60 bits per heavy atom. The molecule has 1 heterocycles. The second kappa shape index (κ2) is 6.02. The van der Waals surface area contributed by atoms with Crippen LogP contribution >= 0.6 is 0 Å². The Balaban J connectivity index is 2.09. The Morgan fingerprint density at radius 3 is 2.28 bits per heavy atom. The molecule has 4 aromatic rings. The van der Waals surface area contributed by atoms with Crippen molar-refractivity contribution in [1.29, 1.82) is 0 Å². The molecule has 0 amide bonds. The predicted octanol–water partition coefficient (Wildman–Crippen LogP) is 5.20. The second-order valence-corrected chi connectivity index (χ2v) is 6.20. The summed E-state index contributed by atoms with van der Waals surface area (Å²) < 4.78 is 2.12. The van der Waals surface area contributed by atoms with Crippen LogP contribution < -0.4 is 0 Å². The van der Waals surface area contributed by atoms with E-state index in [1.54, 1.807) is 6.92 Å². The number of fused-ring (bicyclic) bond motifs is 1. The molecule has 1 aromatic heterocycles. The summed E-state index contributed by atoms with van der Waals surface area (Å²) >= 11 is 0.